The number of hydrogen-bond acceptors (Lipinski definition) is 3. The van der Waals surface area contributed by atoms with Gasteiger partial charge < -0.3 is 10.6 Å². The molecule has 0 saturated carbocycles. The fourth-order valence-corrected chi connectivity index (χ4v) is 3.95. The number of amides is 1. The molecule has 0 aromatic rings. The van der Waals surface area contributed by atoms with Crippen molar-refractivity contribution in [3.8, 4) is 0 Å². The van der Waals surface area contributed by atoms with Gasteiger partial charge in [0.1, 0.15) is 0 Å². The van der Waals surface area contributed by atoms with Crippen molar-refractivity contribution in [3.05, 3.63) is 0 Å². The van der Waals surface area contributed by atoms with E-state index in [2.05, 4.69) is 29.4 Å². The van der Waals surface area contributed by atoms with E-state index in [1.807, 2.05) is 0 Å². The van der Waals surface area contributed by atoms with Gasteiger partial charge in [0, 0.05) is 25.0 Å². The molecule has 2 unspecified atom stereocenters. The van der Waals surface area contributed by atoms with Crippen LogP contribution in [0.25, 0.3) is 0 Å². The Morgan fingerprint density at radius 1 is 1.24 bits per heavy atom. The van der Waals surface area contributed by atoms with E-state index >= 15 is 0 Å². The molecule has 0 aromatic heterocycles. The van der Waals surface area contributed by atoms with Crippen molar-refractivity contribution in [2.24, 2.45) is 5.92 Å². The third kappa shape index (κ3) is 4.96. The average molecular weight is 295 g/mol. The lowest BCUT2D eigenvalue weighted by atomic mass is 9.93. The normalized spacial score (nSPS) is 24.6. The highest BCUT2D eigenvalue weighted by Gasteiger charge is 2.28. The number of rotatable bonds is 8. The molecule has 21 heavy (non-hydrogen) atoms. The lowest BCUT2D eigenvalue weighted by Crippen LogP contribution is -2.47. The van der Waals surface area contributed by atoms with Crippen molar-refractivity contribution >= 4 is 5.91 Å². The minimum atomic E-state index is 0.226. The van der Waals surface area contributed by atoms with Gasteiger partial charge in [0.15, 0.2) is 0 Å². The Labute approximate surface area is 130 Å². The van der Waals surface area contributed by atoms with E-state index < -0.39 is 0 Å². The molecule has 0 spiro atoms. The molecule has 0 aliphatic carbocycles. The summed E-state index contributed by atoms with van der Waals surface area (Å²) in [6.07, 6.45) is 8.05. The molecule has 0 aromatic carbocycles. The maximum atomic E-state index is 12.1. The zero-order valence-corrected chi connectivity index (χ0v) is 13.9. The van der Waals surface area contributed by atoms with E-state index in [1.54, 1.807) is 0 Å². The van der Waals surface area contributed by atoms with Crippen LogP contribution in [0.5, 0.6) is 0 Å². The maximum absolute atomic E-state index is 12.1. The summed E-state index contributed by atoms with van der Waals surface area (Å²) in [5.41, 5.74) is 0. The van der Waals surface area contributed by atoms with Crippen molar-refractivity contribution in [1.29, 1.82) is 0 Å². The minimum Gasteiger partial charge on any atom is -0.354 e. The van der Waals surface area contributed by atoms with Crippen LogP contribution in [0, 0.1) is 5.92 Å². The van der Waals surface area contributed by atoms with Crippen LogP contribution in [0.4, 0.5) is 0 Å². The van der Waals surface area contributed by atoms with E-state index in [1.165, 1.54) is 45.2 Å². The van der Waals surface area contributed by atoms with Crippen molar-refractivity contribution in [3.63, 3.8) is 0 Å². The lowest BCUT2D eigenvalue weighted by Gasteiger charge is -2.34. The molecule has 2 aliphatic heterocycles. The molecule has 2 N–H and O–H groups in total. The Hall–Kier alpha value is -0.610. The Balaban J connectivity index is 1.81. The van der Waals surface area contributed by atoms with Crippen molar-refractivity contribution in [2.75, 3.05) is 26.2 Å². The summed E-state index contributed by atoms with van der Waals surface area (Å²) < 4.78 is 0. The summed E-state index contributed by atoms with van der Waals surface area (Å²) >= 11 is 0. The molecular weight excluding hydrogens is 262 g/mol. The fraction of sp³-hybridized carbons (Fsp3) is 0.941. The second-order valence-electron chi connectivity index (χ2n) is 6.69. The Kier molecular flexibility index (Phi) is 6.97. The Morgan fingerprint density at radius 3 is 2.52 bits per heavy atom. The van der Waals surface area contributed by atoms with Crippen LogP contribution >= 0.6 is 0 Å². The maximum Gasteiger partial charge on any atom is 0.221 e. The summed E-state index contributed by atoms with van der Waals surface area (Å²) in [5, 5.41) is 6.62. The molecule has 2 saturated heterocycles. The molecule has 2 atom stereocenters. The minimum absolute atomic E-state index is 0.226. The summed E-state index contributed by atoms with van der Waals surface area (Å²) in [6.45, 7) is 8.88. The average Bonchev–Trinajstić information content (AvgIpc) is 3.16. The highest BCUT2D eigenvalue weighted by Crippen LogP contribution is 2.22. The molecule has 0 radical (unpaired) electrons. The number of hydrogen-bond donors (Lipinski definition) is 2. The first kappa shape index (κ1) is 16.8. The predicted octanol–water partition coefficient (Wildman–Crippen LogP) is 2.15. The first-order valence-corrected chi connectivity index (χ1v) is 8.98. The number of nitrogens with zero attached hydrogens (tertiary/aromatic N) is 1. The number of carbonyl (C=O) groups is 1. The van der Waals surface area contributed by atoms with Crippen LogP contribution < -0.4 is 10.6 Å². The smallest absolute Gasteiger partial charge is 0.221 e. The standard InChI is InChI=1S/C17H33N3O/c1-3-14(4-2)16(20-10-5-6-11-20)13-19-17(21)12-15-8-7-9-18-15/h14-16,18H,3-13H2,1-2H3,(H,19,21). The monoisotopic (exact) mass is 295 g/mol. The molecule has 2 heterocycles. The van der Waals surface area contributed by atoms with Gasteiger partial charge in [0.2, 0.25) is 5.91 Å². The van der Waals surface area contributed by atoms with Crippen LogP contribution in [0.15, 0.2) is 0 Å². The molecular formula is C17H33N3O. The molecule has 4 nitrogen and oxygen atoms in total. The SMILES string of the molecule is CCC(CC)C(CNC(=O)CC1CCCN1)N1CCCC1. The quantitative estimate of drug-likeness (QED) is 0.721. The second kappa shape index (κ2) is 8.74. The largest absolute Gasteiger partial charge is 0.354 e. The number of nitrogens with one attached hydrogen (secondary N) is 2. The highest BCUT2D eigenvalue weighted by molar-refractivity contribution is 5.76. The Bertz CT molecular complexity index is 303. The molecule has 4 heteroatoms. The van der Waals surface area contributed by atoms with Gasteiger partial charge in [0.05, 0.1) is 0 Å². The van der Waals surface area contributed by atoms with Gasteiger partial charge in [-0.2, -0.15) is 0 Å². The Morgan fingerprint density at radius 2 is 1.95 bits per heavy atom. The lowest BCUT2D eigenvalue weighted by molar-refractivity contribution is -0.121. The molecule has 122 valence electrons. The van der Waals surface area contributed by atoms with Gasteiger partial charge in [-0.15, -0.1) is 0 Å². The van der Waals surface area contributed by atoms with Gasteiger partial charge in [-0.05, 0) is 51.2 Å². The van der Waals surface area contributed by atoms with Gasteiger partial charge in [0.25, 0.3) is 0 Å². The van der Waals surface area contributed by atoms with Crippen LogP contribution in [-0.2, 0) is 4.79 Å². The molecule has 1 amide bonds. The van der Waals surface area contributed by atoms with Crippen molar-refractivity contribution < 1.29 is 4.79 Å². The second-order valence-corrected chi connectivity index (χ2v) is 6.69. The molecule has 2 rings (SSSR count). The van der Waals surface area contributed by atoms with Crippen molar-refractivity contribution in [1.82, 2.24) is 15.5 Å². The third-order valence-electron chi connectivity index (χ3n) is 5.31. The molecule has 0 bridgehead atoms. The zero-order chi connectivity index (χ0) is 15.1. The van der Waals surface area contributed by atoms with Gasteiger partial charge in [-0.1, -0.05) is 26.7 Å². The summed E-state index contributed by atoms with van der Waals surface area (Å²) in [5.74, 6) is 0.928. The van der Waals surface area contributed by atoms with Crippen LogP contribution in [0.1, 0.15) is 58.8 Å². The van der Waals surface area contributed by atoms with Crippen molar-refractivity contribution in [2.45, 2.75) is 70.9 Å². The first-order valence-electron chi connectivity index (χ1n) is 8.98. The van der Waals surface area contributed by atoms with Gasteiger partial charge in [-0.3, -0.25) is 9.69 Å². The van der Waals surface area contributed by atoms with E-state index in [-0.39, 0.29) is 5.91 Å². The van der Waals surface area contributed by atoms with Crippen LogP contribution in [0.2, 0.25) is 0 Å². The molecule has 2 aliphatic rings. The summed E-state index contributed by atoms with van der Waals surface area (Å²) in [4.78, 5) is 14.8. The van der Waals surface area contributed by atoms with Gasteiger partial charge in [-0.25, -0.2) is 0 Å². The van der Waals surface area contributed by atoms with E-state index in [4.69, 9.17) is 0 Å². The zero-order valence-electron chi connectivity index (χ0n) is 13.9. The number of likely N-dealkylation sites (tertiary alicyclic amines) is 1. The summed E-state index contributed by atoms with van der Waals surface area (Å²) in [7, 11) is 0. The van der Waals surface area contributed by atoms with Crippen LogP contribution in [0.3, 0.4) is 0 Å². The summed E-state index contributed by atoms with van der Waals surface area (Å²) in [6, 6.07) is 0.936. The number of carbonyl (C=O) groups excluding carboxylic acids is 1. The predicted molar refractivity (Wildman–Crippen MR) is 87.3 cm³/mol. The highest BCUT2D eigenvalue weighted by atomic mass is 16.1. The fourth-order valence-electron chi connectivity index (χ4n) is 3.95. The van der Waals surface area contributed by atoms with E-state index in [0.29, 0.717) is 24.4 Å². The van der Waals surface area contributed by atoms with E-state index in [9.17, 15) is 4.79 Å². The topological polar surface area (TPSA) is 44.4 Å². The van der Waals surface area contributed by atoms with Crippen LogP contribution in [-0.4, -0.2) is 49.1 Å². The first-order chi connectivity index (χ1) is 10.2. The third-order valence-corrected chi connectivity index (χ3v) is 5.31. The van der Waals surface area contributed by atoms with E-state index in [0.717, 1.165) is 19.5 Å². The van der Waals surface area contributed by atoms with Gasteiger partial charge >= 0.3 is 0 Å². The molecule has 2 fully saturated rings.